The molecule has 1 atom stereocenters. The molecule has 4 aromatic rings. The molecule has 1 amide bonds. The second-order valence-corrected chi connectivity index (χ2v) is 7.57. The van der Waals surface area contributed by atoms with Gasteiger partial charge in [-0.3, -0.25) is 4.79 Å². The SMILES string of the molecule is Cc1ccc(Oc2ccc(-c3noc([C@H](NC(=O)c4ccco4)C(C)C)n3)cc2)cc1. The number of furan rings is 1. The third-order valence-electron chi connectivity index (χ3n) is 4.78. The first-order chi connectivity index (χ1) is 15.0. The molecule has 2 heterocycles. The molecule has 7 heteroatoms. The number of benzene rings is 2. The van der Waals surface area contributed by atoms with Gasteiger partial charge in [-0.1, -0.05) is 36.7 Å². The van der Waals surface area contributed by atoms with E-state index in [0.29, 0.717) is 17.5 Å². The highest BCUT2D eigenvalue weighted by Crippen LogP contribution is 2.27. The number of aromatic nitrogens is 2. The Bertz CT molecular complexity index is 1130. The van der Waals surface area contributed by atoms with Crippen LogP contribution in [0.3, 0.4) is 0 Å². The van der Waals surface area contributed by atoms with Crippen LogP contribution in [0.5, 0.6) is 11.5 Å². The number of nitrogens with zero attached hydrogens (tertiary/aromatic N) is 2. The van der Waals surface area contributed by atoms with Gasteiger partial charge in [0.1, 0.15) is 17.5 Å². The minimum atomic E-state index is -0.442. The number of rotatable bonds is 7. The maximum atomic E-state index is 12.4. The molecule has 2 aromatic carbocycles. The molecule has 2 aromatic heterocycles. The average Bonchev–Trinajstić information content (AvgIpc) is 3.46. The third kappa shape index (κ3) is 4.83. The van der Waals surface area contributed by atoms with Gasteiger partial charge < -0.3 is 19.0 Å². The largest absolute Gasteiger partial charge is 0.459 e. The van der Waals surface area contributed by atoms with Gasteiger partial charge in [-0.15, -0.1) is 0 Å². The highest BCUT2D eigenvalue weighted by atomic mass is 16.5. The smallest absolute Gasteiger partial charge is 0.287 e. The summed E-state index contributed by atoms with van der Waals surface area (Å²) in [7, 11) is 0. The van der Waals surface area contributed by atoms with Crippen molar-refractivity contribution in [1.82, 2.24) is 15.5 Å². The Balaban J connectivity index is 1.47. The fourth-order valence-electron chi connectivity index (χ4n) is 3.03. The standard InChI is InChI=1S/C24H23N3O4/c1-15(2)21(25-23(28)20-5-4-14-29-20)24-26-22(27-31-24)17-8-12-19(13-9-17)30-18-10-6-16(3)7-11-18/h4-15,21H,1-3H3,(H,25,28)/t21-/m1/s1. The lowest BCUT2D eigenvalue weighted by molar-refractivity contribution is 0.0885. The first-order valence-corrected chi connectivity index (χ1v) is 10.0. The van der Waals surface area contributed by atoms with E-state index in [-0.39, 0.29) is 17.6 Å². The zero-order valence-electron chi connectivity index (χ0n) is 17.5. The van der Waals surface area contributed by atoms with Gasteiger partial charge in [0.05, 0.1) is 6.26 Å². The highest BCUT2D eigenvalue weighted by molar-refractivity contribution is 5.91. The van der Waals surface area contributed by atoms with Gasteiger partial charge in [0.2, 0.25) is 11.7 Å². The van der Waals surface area contributed by atoms with E-state index in [1.54, 1.807) is 12.1 Å². The predicted octanol–water partition coefficient (Wildman–Crippen LogP) is 5.56. The van der Waals surface area contributed by atoms with Crippen molar-refractivity contribution in [3.05, 3.63) is 84.1 Å². The van der Waals surface area contributed by atoms with E-state index < -0.39 is 6.04 Å². The minimum absolute atomic E-state index is 0.0393. The van der Waals surface area contributed by atoms with E-state index in [1.165, 1.54) is 11.8 Å². The minimum Gasteiger partial charge on any atom is -0.459 e. The molecule has 31 heavy (non-hydrogen) atoms. The lowest BCUT2D eigenvalue weighted by Crippen LogP contribution is -2.31. The van der Waals surface area contributed by atoms with Crippen LogP contribution in [0.25, 0.3) is 11.4 Å². The van der Waals surface area contributed by atoms with Crippen LogP contribution in [0.15, 0.2) is 75.9 Å². The van der Waals surface area contributed by atoms with E-state index in [1.807, 2.05) is 69.3 Å². The monoisotopic (exact) mass is 417 g/mol. The molecule has 0 spiro atoms. The fraction of sp³-hybridized carbons (Fsp3) is 0.208. The highest BCUT2D eigenvalue weighted by Gasteiger charge is 2.26. The number of hydrogen-bond donors (Lipinski definition) is 1. The quantitative estimate of drug-likeness (QED) is 0.423. The zero-order valence-corrected chi connectivity index (χ0v) is 17.5. The van der Waals surface area contributed by atoms with Crippen LogP contribution in [0.1, 0.15) is 41.9 Å². The first-order valence-electron chi connectivity index (χ1n) is 10.0. The van der Waals surface area contributed by atoms with Crippen LogP contribution in [0.4, 0.5) is 0 Å². The molecule has 1 N–H and O–H groups in total. The van der Waals surface area contributed by atoms with Crippen LogP contribution < -0.4 is 10.1 Å². The average molecular weight is 417 g/mol. The van der Waals surface area contributed by atoms with Crippen molar-refractivity contribution in [1.29, 1.82) is 0 Å². The number of aryl methyl sites for hydroxylation is 1. The summed E-state index contributed by atoms with van der Waals surface area (Å²) in [6.45, 7) is 5.96. The van der Waals surface area contributed by atoms with Gasteiger partial charge in [-0.2, -0.15) is 4.98 Å². The lowest BCUT2D eigenvalue weighted by atomic mass is 10.0. The molecular weight excluding hydrogens is 394 g/mol. The summed E-state index contributed by atoms with van der Waals surface area (Å²) in [5.41, 5.74) is 1.96. The number of amides is 1. The van der Waals surface area contributed by atoms with Crippen molar-refractivity contribution < 1.29 is 18.5 Å². The van der Waals surface area contributed by atoms with Crippen molar-refractivity contribution in [2.75, 3.05) is 0 Å². The van der Waals surface area contributed by atoms with E-state index >= 15 is 0 Å². The molecule has 7 nitrogen and oxygen atoms in total. The summed E-state index contributed by atoms with van der Waals surface area (Å²) < 4.78 is 16.5. The van der Waals surface area contributed by atoms with E-state index in [4.69, 9.17) is 13.7 Å². The van der Waals surface area contributed by atoms with Crippen molar-refractivity contribution in [3.8, 4) is 22.9 Å². The molecule has 0 saturated carbocycles. The second kappa shape index (κ2) is 8.87. The molecule has 0 aliphatic rings. The summed E-state index contributed by atoms with van der Waals surface area (Å²) in [4.78, 5) is 16.9. The summed E-state index contributed by atoms with van der Waals surface area (Å²) in [6.07, 6.45) is 1.45. The second-order valence-electron chi connectivity index (χ2n) is 7.57. The van der Waals surface area contributed by atoms with Gasteiger partial charge in [-0.05, 0) is 61.4 Å². The lowest BCUT2D eigenvalue weighted by Gasteiger charge is -2.17. The Kier molecular flexibility index (Phi) is 5.84. The molecule has 0 unspecified atom stereocenters. The Labute approximate surface area is 180 Å². The maximum absolute atomic E-state index is 12.4. The third-order valence-corrected chi connectivity index (χ3v) is 4.78. The molecule has 0 bridgehead atoms. The zero-order chi connectivity index (χ0) is 21.8. The fourth-order valence-corrected chi connectivity index (χ4v) is 3.03. The Morgan fingerprint density at radius 1 is 1.00 bits per heavy atom. The molecule has 0 saturated heterocycles. The molecular formula is C24H23N3O4. The molecule has 0 fully saturated rings. The summed E-state index contributed by atoms with van der Waals surface area (Å²) in [5, 5.41) is 6.97. The maximum Gasteiger partial charge on any atom is 0.287 e. The molecule has 0 aliphatic carbocycles. The topological polar surface area (TPSA) is 90.4 Å². The number of nitrogens with one attached hydrogen (secondary N) is 1. The van der Waals surface area contributed by atoms with Crippen molar-refractivity contribution >= 4 is 5.91 Å². The van der Waals surface area contributed by atoms with E-state index in [2.05, 4.69) is 15.5 Å². The normalized spacial score (nSPS) is 12.0. The van der Waals surface area contributed by atoms with Crippen LogP contribution in [0, 0.1) is 12.8 Å². The van der Waals surface area contributed by atoms with Crippen LogP contribution in [-0.2, 0) is 0 Å². The summed E-state index contributed by atoms with van der Waals surface area (Å²) in [5.74, 6) is 2.20. The first kappa shape index (κ1) is 20.4. The van der Waals surface area contributed by atoms with Crippen LogP contribution in [0.2, 0.25) is 0 Å². The molecule has 4 rings (SSSR count). The van der Waals surface area contributed by atoms with Crippen LogP contribution in [-0.4, -0.2) is 16.0 Å². The molecule has 158 valence electrons. The Morgan fingerprint density at radius 2 is 1.68 bits per heavy atom. The van der Waals surface area contributed by atoms with E-state index in [0.717, 1.165) is 11.3 Å². The molecule has 0 aliphatic heterocycles. The van der Waals surface area contributed by atoms with Gasteiger partial charge >= 0.3 is 0 Å². The van der Waals surface area contributed by atoms with Crippen molar-refractivity contribution in [2.24, 2.45) is 5.92 Å². The molecule has 0 radical (unpaired) electrons. The van der Waals surface area contributed by atoms with Gasteiger partial charge in [0.25, 0.3) is 5.91 Å². The Morgan fingerprint density at radius 3 is 2.29 bits per heavy atom. The Hall–Kier alpha value is -3.87. The number of carbonyl (C=O) groups is 1. The van der Waals surface area contributed by atoms with Gasteiger partial charge in [0, 0.05) is 5.56 Å². The van der Waals surface area contributed by atoms with Crippen molar-refractivity contribution in [2.45, 2.75) is 26.8 Å². The number of carbonyl (C=O) groups excluding carboxylic acids is 1. The predicted molar refractivity (Wildman–Crippen MR) is 115 cm³/mol. The number of hydrogen-bond acceptors (Lipinski definition) is 6. The number of ether oxygens (including phenoxy) is 1. The summed E-state index contributed by atoms with van der Waals surface area (Å²) in [6, 6.07) is 18.1. The van der Waals surface area contributed by atoms with Crippen molar-refractivity contribution in [3.63, 3.8) is 0 Å². The van der Waals surface area contributed by atoms with Gasteiger partial charge in [-0.25, -0.2) is 0 Å². The van der Waals surface area contributed by atoms with Gasteiger partial charge in [0.15, 0.2) is 5.76 Å². The summed E-state index contributed by atoms with van der Waals surface area (Å²) >= 11 is 0. The van der Waals surface area contributed by atoms with E-state index in [9.17, 15) is 4.79 Å². The van der Waals surface area contributed by atoms with Crippen LogP contribution >= 0.6 is 0 Å².